The Morgan fingerprint density at radius 2 is 2.17 bits per heavy atom. The van der Waals surface area contributed by atoms with Gasteiger partial charge < -0.3 is 10.0 Å². The second-order valence-electron chi connectivity index (χ2n) is 4.04. The monoisotopic (exact) mass is 253 g/mol. The van der Waals surface area contributed by atoms with Crippen LogP contribution in [-0.4, -0.2) is 44.0 Å². The summed E-state index contributed by atoms with van der Waals surface area (Å²) in [6.45, 7) is 2.84. The van der Waals surface area contributed by atoms with Crippen LogP contribution in [0.3, 0.4) is 0 Å². The predicted molar refractivity (Wildman–Crippen MR) is 63.0 cm³/mol. The van der Waals surface area contributed by atoms with Crippen molar-refractivity contribution < 1.29 is 14.7 Å². The molecule has 98 valence electrons. The zero-order chi connectivity index (χ0) is 13.7. The summed E-state index contributed by atoms with van der Waals surface area (Å²) in [7, 11) is 0. The topological polar surface area (TPSA) is 92.5 Å². The van der Waals surface area contributed by atoms with Gasteiger partial charge in [-0.25, -0.2) is 9.78 Å². The van der Waals surface area contributed by atoms with E-state index in [-0.39, 0.29) is 19.1 Å². The minimum atomic E-state index is -1.09. The fourth-order valence-electron chi connectivity index (χ4n) is 1.45. The molecular formula is C11H15N3O4. The summed E-state index contributed by atoms with van der Waals surface area (Å²) in [5.41, 5.74) is -0.537. The first-order valence-electron chi connectivity index (χ1n) is 5.44. The van der Waals surface area contributed by atoms with Gasteiger partial charge in [0, 0.05) is 18.4 Å². The number of carboxylic acids is 1. The Balaban J connectivity index is 2.82. The molecule has 0 aliphatic carbocycles. The van der Waals surface area contributed by atoms with Crippen LogP contribution >= 0.6 is 0 Å². The number of aromatic nitrogens is 2. The lowest BCUT2D eigenvalue weighted by molar-refractivity contribution is -0.146. The van der Waals surface area contributed by atoms with Crippen LogP contribution in [0.25, 0.3) is 0 Å². The standard InChI is InChI=1S/C11H15N3O4/c1-8(2)14(7-10(16)17)9(15)6-13-5-3-4-12-11(13)18/h3-5,8H,6-7H2,1-2H3,(H,16,17). The number of carboxylic acid groups (broad SMARTS) is 1. The summed E-state index contributed by atoms with van der Waals surface area (Å²) in [6.07, 6.45) is 2.77. The lowest BCUT2D eigenvalue weighted by Gasteiger charge is -2.25. The van der Waals surface area contributed by atoms with Crippen LogP contribution in [0.5, 0.6) is 0 Å². The maximum absolute atomic E-state index is 11.9. The minimum absolute atomic E-state index is 0.210. The number of aliphatic carboxylic acids is 1. The second kappa shape index (κ2) is 5.95. The zero-order valence-electron chi connectivity index (χ0n) is 10.2. The maximum Gasteiger partial charge on any atom is 0.347 e. The summed E-state index contributed by atoms with van der Waals surface area (Å²) in [6, 6.07) is 1.28. The summed E-state index contributed by atoms with van der Waals surface area (Å²) >= 11 is 0. The number of carbonyl (C=O) groups excluding carboxylic acids is 1. The summed E-state index contributed by atoms with van der Waals surface area (Å²) in [5.74, 6) is -1.52. The Bertz CT molecular complexity index is 495. The summed E-state index contributed by atoms with van der Waals surface area (Å²) in [4.78, 5) is 38.6. The van der Waals surface area contributed by atoms with Crippen molar-refractivity contribution in [3.8, 4) is 0 Å². The molecule has 0 aliphatic heterocycles. The lowest BCUT2D eigenvalue weighted by Crippen LogP contribution is -2.43. The predicted octanol–water partition coefficient (Wildman–Crippen LogP) is -0.435. The van der Waals surface area contributed by atoms with Crippen molar-refractivity contribution in [2.24, 2.45) is 0 Å². The number of hydrogen-bond acceptors (Lipinski definition) is 4. The van der Waals surface area contributed by atoms with Gasteiger partial charge in [-0.3, -0.25) is 14.2 Å². The number of nitrogens with zero attached hydrogens (tertiary/aromatic N) is 3. The van der Waals surface area contributed by atoms with Crippen molar-refractivity contribution >= 4 is 11.9 Å². The third kappa shape index (κ3) is 3.69. The van der Waals surface area contributed by atoms with Crippen LogP contribution in [0, 0.1) is 0 Å². The highest BCUT2D eigenvalue weighted by Crippen LogP contribution is 2.00. The van der Waals surface area contributed by atoms with E-state index in [2.05, 4.69) is 4.98 Å². The molecule has 1 amide bonds. The SMILES string of the molecule is CC(C)N(CC(=O)O)C(=O)Cn1cccnc1=O. The number of hydrogen-bond donors (Lipinski definition) is 1. The molecule has 1 rings (SSSR count). The Hall–Kier alpha value is -2.18. The molecule has 0 spiro atoms. The second-order valence-corrected chi connectivity index (χ2v) is 4.04. The molecule has 0 bridgehead atoms. The van der Waals surface area contributed by atoms with Gasteiger partial charge in [0.1, 0.15) is 13.1 Å². The van der Waals surface area contributed by atoms with Crippen LogP contribution < -0.4 is 5.69 Å². The molecule has 1 N–H and O–H groups in total. The van der Waals surface area contributed by atoms with E-state index >= 15 is 0 Å². The Labute approximate surface area is 104 Å². The lowest BCUT2D eigenvalue weighted by atomic mass is 10.3. The van der Waals surface area contributed by atoms with Crippen molar-refractivity contribution in [3.05, 3.63) is 28.9 Å². The van der Waals surface area contributed by atoms with Crippen molar-refractivity contribution in [3.63, 3.8) is 0 Å². The third-order valence-electron chi connectivity index (χ3n) is 2.34. The van der Waals surface area contributed by atoms with Gasteiger partial charge in [-0.05, 0) is 19.9 Å². The number of amides is 1. The Kier molecular flexibility index (Phi) is 4.59. The molecule has 1 aromatic rings. The minimum Gasteiger partial charge on any atom is -0.480 e. The van der Waals surface area contributed by atoms with E-state index in [1.165, 1.54) is 23.4 Å². The first kappa shape index (κ1) is 13.9. The molecule has 1 aromatic heterocycles. The smallest absolute Gasteiger partial charge is 0.347 e. The van der Waals surface area contributed by atoms with E-state index in [0.717, 1.165) is 4.57 Å². The molecule has 0 radical (unpaired) electrons. The van der Waals surface area contributed by atoms with Gasteiger partial charge >= 0.3 is 11.7 Å². The van der Waals surface area contributed by atoms with Gasteiger partial charge in [0.2, 0.25) is 5.91 Å². The van der Waals surface area contributed by atoms with Gasteiger partial charge in [-0.1, -0.05) is 0 Å². The molecular weight excluding hydrogens is 238 g/mol. The van der Waals surface area contributed by atoms with Gasteiger partial charge in [0.25, 0.3) is 0 Å². The fraction of sp³-hybridized carbons (Fsp3) is 0.455. The van der Waals surface area contributed by atoms with Crippen molar-refractivity contribution in [2.75, 3.05) is 6.54 Å². The Morgan fingerprint density at radius 3 is 2.67 bits per heavy atom. The highest BCUT2D eigenvalue weighted by molar-refractivity contribution is 5.81. The quantitative estimate of drug-likeness (QED) is 0.768. The average Bonchev–Trinajstić information content (AvgIpc) is 2.28. The fourth-order valence-corrected chi connectivity index (χ4v) is 1.45. The molecule has 0 saturated carbocycles. The molecule has 0 aromatic carbocycles. The first-order chi connectivity index (χ1) is 8.41. The molecule has 0 atom stereocenters. The van der Waals surface area contributed by atoms with Crippen LogP contribution in [0.4, 0.5) is 0 Å². The van der Waals surface area contributed by atoms with E-state index in [1.807, 2.05) is 0 Å². The molecule has 7 nitrogen and oxygen atoms in total. The maximum atomic E-state index is 11.9. The molecule has 0 saturated heterocycles. The van der Waals surface area contributed by atoms with Crippen molar-refractivity contribution in [1.29, 1.82) is 0 Å². The number of rotatable bonds is 5. The van der Waals surface area contributed by atoms with Crippen LogP contribution in [0.2, 0.25) is 0 Å². The average molecular weight is 253 g/mol. The van der Waals surface area contributed by atoms with Crippen LogP contribution in [0.1, 0.15) is 13.8 Å². The van der Waals surface area contributed by atoms with Gasteiger partial charge in [0.05, 0.1) is 0 Å². The van der Waals surface area contributed by atoms with Crippen molar-refractivity contribution in [1.82, 2.24) is 14.5 Å². The Morgan fingerprint density at radius 1 is 1.50 bits per heavy atom. The van der Waals surface area contributed by atoms with E-state index in [9.17, 15) is 14.4 Å². The highest BCUT2D eigenvalue weighted by Gasteiger charge is 2.20. The molecule has 18 heavy (non-hydrogen) atoms. The van der Waals surface area contributed by atoms with Gasteiger partial charge in [0.15, 0.2) is 0 Å². The van der Waals surface area contributed by atoms with Gasteiger partial charge in [-0.15, -0.1) is 0 Å². The van der Waals surface area contributed by atoms with Crippen LogP contribution in [-0.2, 0) is 16.1 Å². The van der Waals surface area contributed by atoms with E-state index in [0.29, 0.717) is 0 Å². The highest BCUT2D eigenvalue weighted by atomic mass is 16.4. The van der Waals surface area contributed by atoms with E-state index < -0.39 is 17.6 Å². The normalized spacial score (nSPS) is 10.4. The zero-order valence-corrected chi connectivity index (χ0v) is 10.2. The summed E-state index contributed by atoms with van der Waals surface area (Å²) in [5, 5.41) is 8.73. The summed E-state index contributed by atoms with van der Waals surface area (Å²) < 4.78 is 1.14. The van der Waals surface area contributed by atoms with Crippen molar-refractivity contribution in [2.45, 2.75) is 26.4 Å². The molecule has 1 heterocycles. The third-order valence-corrected chi connectivity index (χ3v) is 2.34. The molecule has 0 aliphatic rings. The van der Waals surface area contributed by atoms with Crippen LogP contribution in [0.15, 0.2) is 23.3 Å². The van der Waals surface area contributed by atoms with Gasteiger partial charge in [-0.2, -0.15) is 0 Å². The largest absolute Gasteiger partial charge is 0.480 e. The first-order valence-corrected chi connectivity index (χ1v) is 5.44. The molecule has 0 unspecified atom stereocenters. The van der Waals surface area contributed by atoms with E-state index in [4.69, 9.17) is 5.11 Å². The van der Waals surface area contributed by atoms with E-state index in [1.54, 1.807) is 13.8 Å². The molecule has 0 fully saturated rings. The number of carbonyl (C=O) groups is 2. The molecule has 7 heteroatoms.